The number of likely N-dealkylation sites (N-methyl/N-ethyl adjacent to an activating group) is 1. The van der Waals surface area contributed by atoms with E-state index in [4.69, 9.17) is 15.5 Å². The summed E-state index contributed by atoms with van der Waals surface area (Å²) < 4.78 is 6.69. The lowest BCUT2D eigenvalue weighted by Gasteiger charge is -2.42. The number of nitrogens with zero attached hydrogens (tertiary/aromatic N) is 5. The number of carbonyl (C=O) groups excluding carboxylic acids is 1. The zero-order valence-corrected chi connectivity index (χ0v) is 25.8. The second kappa shape index (κ2) is 11.2. The van der Waals surface area contributed by atoms with E-state index in [2.05, 4.69) is 83.3 Å². The van der Waals surface area contributed by atoms with Crippen LogP contribution in [0.5, 0.6) is 5.75 Å². The van der Waals surface area contributed by atoms with Crippen LogP contribution in [0.2, 0.25) is 0 Å². The minimum Gasteiger partial charge on any atom is -0.496 e. The third kappa shape index (κ3) is 4.95. The van der Waals surface area contributed by atoms with E-state index >= 15 is 0 Å². The van der Waals surface area contributed by atoms with Crippen molar-refractivity contribution < 1.29 is 9.53 Å². The zero-order valence-electron chi connectivity index (χ0n) is 24.2. The summed E-state index contributed by atoms with van der Waals surface area (Å²) in [4.78, 5) is 32.8. The maximum atomic E-state index is 12.3. The van der Waals surface area contributed by atoms with Crippen molar-refractivity contribution in [1.82, 2.24) is 24.8 Å². The lowest BCUT2D eigenvalue weighted by atomic mass is 9.88. The molecule has 11 heteroatoms. The molecule has 2 aromatic heterocycles. The summed E-state index contributed by atoms with van der Waals surface area (Å²) in [5.41, 5.74) is 10.1. The quantitative estimate of drug-likeness (QED) is 0.337. The first-order chi connectivity index (χ1) is 20.4. The number of aromatic nitrogens is 3. The summed E-state index contributed by atoms with van der Waals surface area (Å²) in [6.07, 6.45) is 9.40. The molecule has 0 radical (unpaired) electrons. The van der Waals surface area contributed by atoms with Gasteiger partial charge >= 0.3 is 0 Å². The predicted octanol–water partition coefficient (Wildman–Crippen LogP) is 3.70. The topological polar surface area (TPSA) is 116 Å². The van der Waals surface area contributed by atoms with E-state index in [9.17, 15) is 4.79 Å². The van der Waals surface area contributed by atoms with Crippen molar-refractivity contribution >= 4 is 44.4 Å². The third-order valence-electron chi connectivity index (χ3n) is 9.90. The van der Waals surface area contributed by atoms with Crippen LogP contribution in [0.4, 0.5) is 11.4 Å². The number of fused-ring (bicyclic) bond motifs is 3. The Hall–Kier alpha value is -3.15. The number of rotatable bonds is 7. The average Bonchev–Trinajstić information content (AvgIpc) is 3.74. The minimum absolute atomic E-state index is 0.0691. The van der Waals surface area contributed by atoms with Gasteiger partial charge in [-0.3, -0.25) is 9.69 Å². The van der Waals surface area contributed by atoms with Gasteiger partial charge in [0.25, 0.3) is 0 Å². The number of primary amides is 1. The fourth-order valence-corrected chi connectivity index (χ4v) is 7.94. The Labute approximate surface area is 254 Å². The Morgan fingerprint density at radius 2 is 1.88 bits per heavy atom. The monoisotopic (exact) mass is 634 g/mol. The van der Waals surface area contributed by atoms with Gasteiger partial charge in [-0.2, -0.15) is 0 Å². The van der Waals surface area contributed by atoms with Crippen LogP contribution in [-0.2, 0) is 4.79 Å². The molecule has 4 heterocycles. The summed E-state index contributed by atoms with van der Waals surface area (Å²) in [5.74, 6) is 1.42. The molecule has 3 aromatic rings. The highest BCUT2D eigenvalue weighted by atomic mass is 79.9. The summed E-state index contributed by atoms with van der Waals surface area (Å²) in [6.45, 7) is 6.76. The number of anilines is 2. The molecule has 1 saturated carbocycles. The Morgan fingerprint density at radius 3 is 2.62 bits per heavy atom. The van der Waals surface area contributed by atoms with Crippen LogP contribution < -0.4 is 20.7 Å². The molecule has 2 saturated heterocycles. The zero-order chi connectivity index (χ0) is 29.0. The summed E-state index contributed by atoms with van der Waals surface area (Å²) in [6, 6.07) is 6.99. The molecule has 42 heavy (non-hydrogen) atoms. The molecule has 10 nitrogen and oxygen atoms in total. The van der Waals surface area contributed by atoms with Crippen molar-refractivity contribution in [3.63, 3.8) is 0 Å². The molecule has 4 atom stereocenters. The molecule has 0 spiro atoms. The number of piperidine rings is 1. The SMILES string of the molecule is COc1cc(N2CCC(N3CCN(C)CC3)CC2)ccc1-c1nc2ncc(Br)c(N[C@H]3[C@@H](C(N)=O)[C@@H]4C=C[C@@H]3C4)c2[nH]1. The van der Waals surface area contributed by atoms with Crippen molar-refractivity contribution in [3.8, 4) is 17.1 Å². The van der Waals surface area contributed by atoms with E-state index in [1.54, 1.807) is 13.3 Å². The van der Waals surface area contributed by atoms with Gasteiger partial charge in [0.15, 0.2) is 5.65 Å². The molecular weight excluding hydrogens is 596 g/mol. The average molecular weight is 636 g/mol. The molecule has 1 aromatic carbocycles. The number of methoxy groups -OCH3 is 1. The van der Waals surface area contributed by atoms with E-state index in [1.165, 1.54) is 31.6 Å². The number of ether oxygens (including phenoxy) is 1. The molecule has 4 aliphatic rings. The van der Waals surface area contributed by atoms with Crippen molar-refractivity contribution in [2.75, 3.05) is 63.6 Å². The maximum absolute atomic E-state index is 12.3. The van der Waals surface area contributed by atoms with Gasteiger partial charge in [-0.05, 0) is 66.2 Å². The van der Waals surface area contributed by atoms with E-state index in [0.717, 1.165) is 59.6 Å². The van der Waals surface area contributed by atoms with Gasteiger partial charge in [-0.25, -0.2) is 9.97 Å². The van der Waals surface area contributed by atoms with Gasteiger partial charge in [-0.1, -0.05) is 12.2 Å². The summed E-state index contributed by atoms with van der Waals surface area (Å²) in [7, 11) is 3.92. The highest BCUT2D eigenvalue weighted by molar-refractivity contribution is 9.10. The summed E-state index contributed by atoms with van der Waals surface area (Å²) in [5, 5.41) is 3.64. The number of nitrogens with one attached hydrogen (secondary N) is 2. The van der Waals surface area contributed by atoms with Crippen molar-refractivity contribution in [1.29, 1.82) is 0 Å². The number of pyridine rings is 1. The number of imidazole rings is 1. The van der Waals surface area contributed by atoms with E-state index < -0.39 is 0 Å². The first-order valence-electron chi connectivity index (χ1n) is 15.0. The van der Waals surface area contributed by atoms with E-state index in [-0.39, 0.29) is 29.7 Å². The van der Waals surface area contributed by atoms with Gasteiger partial charge in [0.05, 0.1) is 28.8 Å². The Morgan fingerprint density at radius 1 is 1.12 bits per heavy atom. The molecule has 2 aliphatic heterocycles. The van der Waals surface area contributed by atoms with Gasteiger partial charge < -0.3 is 30.6 Å². The Bertz CT molecular complexity index is 1510. The molecule has 7 rings (SSSR count). The van der Waals surface area contributed by atoms with Crippen LogP contribution >= 0.6 is 15.9 Å². The van der Waals surface area contributed by atoms with Gasteiger partial charge in [0, 0.05) is 69.3 Å². The Kier molecular flexibility index (Phi) is 7.36. The number of piperazine rings is 1. The number of benzene rings is 1. The smallest absolute Gasteiger partial charge is 0.223 e. The fraction of sp³-hybridized carbons (Fsp3) is 0.516. The van der Waals surface area contributed by atoms with Crippen LogP contribution in [-0.4, -0.2) is 96.2 Å². The lowest BCUT2D eigenvalue weighted by molar-refractivity contribution is -0.122. The predicted molar refractivity (Wildman–Crippen MR) is 169 cm³/mol. The van der Waals surface area contributed by atoms with Crippen LogP contribution in [0.1, 0.15) is 19.3 Å². The molecule has 2 aliphatic carbocycles. The largest absolute Gasteiger partial charge is 0.496 e. The standard InChI is InChI=1S/C31H39BrN8O2/c1-38-11-13-40(14-12-38)20-7-9-39(10-8-20)21-5-6-22(24(16-21)42-2)30-36-28-27(23(32)17-34-31(28)37-30)35-26-19-4-3-18(15-19)25(26)29(33)41/h3-6,16-20,25-26H,7-15H2,1-2H3,(H2,33,41)(H2,34,35,36,37)/t18-,19-,25+,26-/m1/s1. The number of aromatic amines is 1. The van der Waals surface area contributed by atoms with Crippen molar-refractivity contribution in [2.45, 2.75) is 31.3 Å². The minimum atomic E-state index is -0.260. The third-order valence-corrected chi connectivity index (χ3v) is 10.5. The summed E-state index contributed by atoms with van der Waals surface area (Å²) >= 11 is 3.67. The first-order valence-corrected chi connectivity index (χ1v) is 15.8. The molecule has 0 unspecified atom stereocenters. The lowest BCUT2D eigenvalue weighted by Crippen LogP contribution is -2.52. The van der Waals surface area contributed by atoms with Crippen molar-refractivity contribution in [2.24, 2.45) is 23.5 Å². The number of allylic oxidation sites excluding steroid dienone is 1. The number of amides is 1. The number of halogens is 1. The number of nitrogens with two attached hydrogens (primary N) is 1. The molecule has 3 fully saturated rings. The normalized spacial score (nSPS) is 26.8. The number of hydrogen-bond acceptors (Lipinski definition) is 8. The van der Waals surface area contributed by atoms with Crippen LogP contribution in [0.25, 0.3) is 22.6 Å². The number of hydrogen-bond donors (Lipinski definition) is 3. The van der Waals surface area contributed by atoms with E-state index in [1.807, 2.05) is 0 Å². The van der Waals surface area contributed by atoms with Crippen LogP contribution in [0, 0.1) is 17.8 Å². The fourth-order valence-electron chi connectivity index (χ4n) is 7.52. The van der Waals surface area contributed by atoms with Gasteiger partial charge in [-0.15, -0.1) is 0 Å². The molecule has 222 valence electrons. The first kappa shape index (κ1) is 27.7. The highest BCUT2D eigenvalue weighted by Crippen LogP contribution is 2.46. The van der Waals surface area contributed by atoms with Crippen LogP contribution in [0.3, 0.4) is 0 Å². The molecular formula is C31H39BrN8O2. The van der Waals surface area contributed by atoms with Gasteiger partial charge in [0.1, 0.15) is 17.1 Å². The molecule has 1 amide bonds. The number of H-pyrrole nitrogens is 1. The van der Waals surface area contributed by atoms with Gasteiger partial charge in [0.2, 0.25) is 5.91 Å². The highest BCUT2D eigenvalue weighted by Gasteiger charge is 2.47. The maximum Gasteiger partial charge on any atom is 0.223 e. The van der Waals surface area contributed by atoms with E-state index in [0.29, 0.717) is 17.5 Å². The second-order valence-corrected chi connectivity index (χ2v) is 13.1. The Balaban J connectivity index is 1.11. The second-order valence-electron chi connectivity index (χ2n) is 12.3. The molecule has 2 bridgehead atoms. The van der Waals surface area contributed by atoms with Crippen LogP contribution in [0.15, 0.2) is 41.0 Å². The van der Waals surface area contributed by atoms with Crippen molar-refractivity contribution in [3.05, 3.63) is 41.0 Å². The molecule has 4 N–H and O–H groups in total. The number of carbonyl (C=O) groups is 1.